The molecule has 0 radical (unpaired) electrons. The zero-order valence-electron chi connectivity index (χ0n) is 16.6. The zero-order valence-corrected chi connectivity index (χ0v) is 18.2. The average Bonchev–Trinajstić information content (AvgIpc) is 2.66. The highest BCUT2D eigenvalue weighted by atomic mass is 32.2. The van der Waals surface area contributed by atoms with E-state index in [-0.39, 0.29) is 17.2 Å². The topological polar surface area (TPSA) is 83.9 Å². The summed E-state index contributed by atoms with van der Waals surface area (Å²) >= 11 is 1.41. The van der Waals surface area contributed by atoms with Gasteiger partial charge in [0.2, 0.25) is 10.0 Å². The van der Waals surface area contributed by atoms with Crippen LogP contribution < -0.4 is 4.74 Å². The molecule has 31 heavy (non-hydrogen) atoms. The van der Waals surface area contributed by atoms with Crippen LogP contribution in [0.5, 0.6) is 5.75 Å². The van der Waals surface area contributed by atoms with Gasteiger partial charge in [-0.3, -0.25) is 4.79 Å². The summed E-state index contributed by atoms with van der Waals surface area (Å²) in [7, 11) is -4.06. The SMILES string of the molecule is CC1(C)SCCN(S(=O)(=O)c2ccc(-c3ccc(OC(F)(F)F)cc3)cc2)[C@H]1C(=O)O. The summed E-state index contributed by atoms with van der Waals surface area (Å²) in [6.45, 7) is 3.48. The van der Waals surface area contributed by atoms with Crippen LogP contribution in [0, 0.1) is 0 Å². The van der Waals surface area contributed by atoms with Crippen LogP contribution in [0.2, 0.25) is 0 Å². The third kappa shape index (κ3) is 5.16. The number of thioether (sulfide) groups is 1. The van der Waals surface area contributed by atoms with E-state index in [2.05, 4.69) is 4.74 Å². The van der Waals surface area contributed by atoms with Gasteiger partial charge in [0.05, 0.1) is 4.90 Å². The molecule has 0 aliphatic carbocycles. The average molecular weight is 476 g/mol. The Morgan fingerprint density at radius 1 is 1.10 bits per heavy atom. The Kier molecular flexibility index (Phi) is 6.32. The van der Waals surface area contributed by atoms with E-state index in [0.29, 0.717) is 16.9 Å². The molecular formula is C20H20F3NO5S2. The van der Waals surface area contributed by atoms with Gasteiger partial charge >= 0.3 is 12.3 Å². The summed E-state index contributed by atoms with van der Waals surface area (Å²) in [4.78, 5) is 11.8. The molecule has 0 amide bonds. The van der Waals surface area contributed by atoms with E-state index >= 15 is 0 Å². The number of hydrogen-bond donors (Lipinski definition) is 1. The molecule has 3 rings (SSSR count). The molecule has 0 bridgehead atoms. The molecule has 1 atom stereocenters. The van der Waals surface area contributed by atoms with Crippen molar-refractivity contribution < 1.29 is 36.2 Å². The monoisotopic (exact) mass is 475 g/mol. The lowest BCUT2D eigenvalue weighted by molar-refractivity contribution is -0.274. The van der Waals surface area contributed by atoms with Crippen molar-refractivity contribution in [1.29, 1.82) is 0 Å². The van der Waals surface area contributed by atoms with Crippen molar-refractivity contribution in [3.63, 3.8) is 0 Å². The van der Waals surface area contributed by atoms with Crippen LogP contribution in [0.4, 0.5) is 13.2 Å². The fourth-order valence-corrected chi connectivity index (χ4v) is 6.53. The summed E-state index contributed by atoms with van der Waals surface area (Å²) < 4.78 is 67.2. The Bertz CT molecular complexity index is 1050. The van der Waals surface area contributed by atoms with E-state index in [1.165, 1.54) is 60.3 Å². The van der Waals surface area contributed by atoms with Crippen LogP contribution in [0.3, 0.4) is 0 Å². The summed E-state index contributed by atoms with van der Waals surface area (Å²) in [6.07, 6.45) is -4.78. The fourth-order valence-electron chi connectivity index (χ4n) is 3.44. The van der Waals surface area contributed by atoms with Crippen molar-refractivity contribution in [3.05, 3.63) is 48.5 Å². The molecule has 6 nitrogen and oxygen atoms in total. The number of halogens is 3. The number of ether oxygens (including phenoxy) is 1. The van der Waals surface area contributed by atoms with Crippen LogP contribution in [-0.4, -0.2) is 53.2 Å². The molecule has 2 aromatic carbocycles. The normalized spacial score (nSPS) is 19.7. The Balaban J connectivity index is 1.86. The van der Waals surface area contributed by atoms with E-state index in [0.717, 1.165) is 4.31 Å². The zero-order chi connectivity index (χ0) is 23.0. The van der Waals surface area contributed by atoms with Gasteiger partial charge in [-0.1, -0.05) is 24.3 Å². The van der Waals surface area contributed by atoms with Crippen LogP contribution in [0.25, 0.3) is 11.1 Å². The lowest BCUT2D eigenvalue weighted by Gasteiger charge is -2.42. The molecule has 0 spiro atoms. The van der Waals surface area contributed by atoms with E-state index < -0.39 is 33.1 Å². The first-order valence-electron chi connectivity index (χ1n) is 9.16. The second-order valence-corrected chi connectivity index (χ2v) is 11.0. The summed E-state index contributed by atoms with van der Waals surface area (Å²) in [5, 5.41) is 9.64. The molecule has 1 heterocycles. The highest BCUT2D eigenvalue weighted by Gasteiger charge is 2.48. The van der Waals surface area contributed by atoms with E-state index in [4.69, 9.17) is 0 Å². The maximum absolute atomic E-state index is 13.1. The predicted molar refractivity (Wildman–Crippen MR) is 110 cm³/mol. The van der Waals surface area contributed by atoms with Crippen molar-refractivity contribution in [2.24, 2.45) is 0 Å². The van der Waals surface area contributed by atoms with Crippen LogP contribution >= 0.6 is 11.8 Å². The van der Waals surface area contributed by atoms with E-state index in [9.17, 15) is 31.5 Å². The number of benzene rings is 2. The molecule has 1 saturated heterocycles. The number of sulfonamides is 1. The maximum Gasteiger partial charge on any atom is 0.573 e. The minimum atomic E-state index is -4.78. The van der Waals surface area contributed by atoms with Crippen molar-refractivity contribution in [2.75, 3.05) is 12.3 Å². The van der Waals surface area contributed by atoms with Gasteiger partial charge in [-0.25, -0.2) is 8.42 Å². The fraction of sp³-hybridized carbons (Fsp3) is 0.350. The van der Waals surface area contributed by atoms with Crippen molar-refractivity contribution >= 4 is 27.8 Å². The lowest BCUT2D eigenvalue weighted by Crippen LogP contribution is -2.58. The van der Waals surface area contributed by atoms with Gasteiger partial charge in [0, 0.05) is 17.0 Å². The lowest BCUT2D eigenvalue weighted by atomic mass is 10.0. The quantitative estimate of drug-likeness (QED) is 0.697. The van der Waals surface area contributed by atoms with Gasteiger partial charge in [0.1, 0.15) is 11.8 Å². The Hall–Kier alpha value is -2.24. The number of carboxylic acids is 1. The van der Waals surface area contributed by atoms with Crippen LogP contribution in [-0.2, 0) is 14.8 Å². The van der Waals surface area contributed by atoms with E-state index in [1.807, 2.05) is 0 Å². The van der Waals surface area contributed by atoms with E-state index in [1.54, 1.807) is 13.8 Å². The molecule has 0 aromatic heterocycles. The third-order valence-corrected chi connectivity index (χ3v) is 8.08. The van der Waals surface area contributed by atoms with Gasteiger partial charge in [-0.05, 0) is 49.2 Å². The standard InChI is InChI=1S/C20H20F3NO5S2/c1-19(2)17(18(25)26)24(11-12-30-19)31(27,28)16-9-5-14(6-10-16)13-3-7-15(8-4-13)29-20(21,22)23/h3-10,17H,11-12H2,1-2H3,(H,25,26)/t17-/m0/s1. The minimum Gasteiger partial charge on any atom is -0.480 e. The van der Waals surface area contributed by atoms with Gasteiger partial charge in [-0.15, -0.1) is 13.2 Å². The molecule has 11 heteroatoms. The van der Waals surface area contributed by atoms with Gasteiger partial charge in [0.25, 0.3) is 0 Å². The van der Waals surface area contributed by atoms with Crippen molar-refractivity contribution in [3.8, 4) is 16.9 Å². The first-order valence-corrected chi connectivity index (χ1v) is 11.6. The van der Waals surface area contributed by atoms with Gasteiger partial charge in [0.15, 0.2) is 0 Å². The molecular weight excluding hydrogens is 455 g/mol. The summed E-state index contributed by atoms with van der Waals surface area (Å²) in [6, 6.07) is 9.73. The molecule has 1 aliphatic rings. The molecule has 1 aliphatic heterocycles. The van der Waals surface area contributed by atoms with Crippen molar-refractivity contribution in [1.82, 2.24) is 4.31 Å². The second-order valence-electron chi connectivity index (χ2n) is 7.40. The Labute approximate surface area is 182 Å². The molecule has 1 fully saturated rings. The number of rotatable bonds is 5. The summed E-state index contributed by atoms with van der Waals surface area (Å²) in [5.41, 5.74) is 1.15. The predicted octanol–water partition coefficient (Wildman–Crippen LogP) is 4.22. The van der Waals surface area contributed by atoms with Crippen LogP contribution in [0.1, 0.15) is 13.8 Å². The van der Waals surface area contributed by atoms with Gasteiger partial charge < -0.3 is 9.84 Å². The molecule has 2 aromatic rings. The number of carbonyl (C=O) groups is 1. The smallest absolute Gasteiger partial charge is 0.480 e. The second kappa shape index (κ2) is 8.36. The van der Waals surface area contributed by atoms with Crippen LogP contribution in [0.15, 0.2) is 53.4 Å². The molecule has 0 unspecified atom stereocenters. The molecule has 168 valence electrons. The first kappa shape index (κ1) is 23.4. The Morgan fingerprint density at radius 2 is 1.61 bits per heavy atom. The highest BCUT2D eigenvalue weighted by molar-refractivity contribution is 8.00. The summed E-state index contributed by atoms with van der Waals surface area (Å²) in [5.74, 6) is -1.10. The third-order valence-electron chi connectivity index (χ3n) is 4.85. The highest BCUT2D eigenvalue weighted by Crippen LogP contribution is 2.38. The number of carboxylic acid groups (broad SMARTS) is 1. The Morgan fingerprint density at radius 3 is 2.10 bits per heavy atom. The number of hydrogen-bond acceptors (Lipinski definition) is 5. The largest absolute Gasteiger partial charge is 0.573 e. The molecule has 0 saturated carbocycles. The molecule has 1 N–H and O–H groups in total. The number of alkyl halides is 3. The first-order chi connectivity index (χ1) is 14.3. The maximum atomic E-state index is 13.1. The minimum absolute atomic E-state index is 0.0535. The number of aliphatic carboxylic acids is 1. The van der Waals surface area contributed by atoms with Crippen molar-refractivity contribution in [2.45, 2.75) is 35.9 Å². The number of nitrogens with zero attached hydrogens (tertiary/aromatic N) is 1. The van der Waals surface area contributed by atoms with Gasteiger partial charge in [-0.2, -0.15) is 16.1 Å².